The Hall–Kier alpha value is -2.72. The van der Waals surface area contributed by atoms with Gasteiger partial charge in [0.15, 0.2) is 11.7 Å². The summed E-state index contributed by atoms with van der Waals surface area (Å²) in [5, 5.41) is 16.9. The first-order chi connectivity index (χ1) is 19.7. The molecule has 0 saturated carbocycles. The number of hydrogen-bond acceptors (Lipinski definition) is 5. The topological polar surface area (TPSA) is 83.2 Å². The van der Waals surface area contributed by atoms with Crippen molar-refractivity contribution in [2.75, 3.05) is 50.8 Å². The van der Waals surface area contributed by atoms with Crippen molar-refractivity contribution in [3.63, 3.8) is 0 Å². The summed E-state index contributed by atoms with van der Waals surface area (Å²) in [5.41, 5.74) is 2.92. The van der Waals surface area contributed by atoms with Gasteiger partial charge < -0.3 is 19.9 Å². The minimum atomic E-state index is -0.417. The lowest BCUT2D eigenvalue weighted by atomic mass is 10.1. The SMILES string of the molecule is CCOc1cc(N2CCN(C(=NCCc3ccc(Cl)cc3Cl)NCCc3ccc(Br)cc3Cl)CC2)ccc1[N+](=O)[O-]. The van der Waals surface area contributed by atoms with E-state index >= 15 is 0 Å². The molecule has 8 nitrogen and oxygen atoms in total. The van der Waals surface area contributed by atoms with Gasteiger partial charge in [-0.05, 0) is 61.2 Å². The summed E-state index contributed by atoms with van der Waals surface area (Å²) >= 11 is 22.3. The maximum absolute atomic E-state index is 11.4. The smallest absolute Gasteiger partial charge is 0.311 e. The summed E-state index contributed by atoms with van der Waals surface area (Å²) in [6.45, 7) is 6.31. The maximum atomic E-state index is 11.4. The quantitative estimate of drug-likeness (QED) is 0.105. The van der Waals surface area contributed by atoms with Gasteiger partial charge in [-0.2, -0.15) is 0 Å². The lowest BCUT2D eigenvalue weighted by Crippen LogP contribution is -2.53. The van der Waals surface area contributed by atoms with E-state index in [1.54, 1.807) is 18.2 Å². The number of guanidine groups is 1. The molecule has 0 amide bonds. The van der Waals surface area contributed by atoms with Gasteiger partial charge in [0.2, 0.25) is 0 Å². The van der Waals surface area contributed by atoms with E-state index < -0.39 is 4.92 Å². The highest BCUT2D eigenvalue weighted by Gasteiger charge is 2.23. The first-order valence-electron chi connectivity index (χ1n) is 13.3. The lowest BCUT2D eigenvalue weighted by Gasteiger charge is -2.38. The third kappa shape index (κ3) is 8.64. The van der Waals surface area contributed by atoms with Crippen LogP contribution in [0.4, 0.5) is 11.4 Å². The number of halogens is 4. The first-order valence-corrected chi connectivity index (χ1v) is 15.2. The van der Waals surface area contributed by atoms with E-state index in [0.717, 1.165) is 64.9 Å². The van der Waals surface area contributed by atoms with Gasteiger partial charge in [-0.1, -0.05) is 62.9 Å². The Bertz CT molecular complexity index is 1400. The summed E-state index contributed by atoms with van der Waals surface area (Å²) in [4.78, 5) is 20.3. The van der Waals surface area contributed by atoms with Crippen LogP contribution in [0.15, 0.2) is 64.1 Å². The molecule has 4 rings (SSSR count). The molecule has 0 unspecified atom stereocenters. The van der Waals surface area contributed by atoms with Gasteiger partial charge in [-0.25, -0.2) is 0 Å². The Morgan fingerprint density at radius 1 is 1.00 bits per heavy atom. The van der Waals surface area contributed by atoms with Crippen molar-refractivity contribution in [1.82, 2.24) is 10.2 Å². The predicted octanol–water partition coefficient (Wildman–Crippen LogP) is 7.27. The van der Waals surface area contributed by atoms with Crippen LogP contribution in [0.1, 0.15) is 18.1 Å². The van der Waals surface area contributed by atoms with Crippen molar-refractivity contribution < 1.29 is 9.66 Å². The highest BCUT2D eigenvalue weighted by Crippen LogP contribution is 2.32. The molecule has 1 N–H and O–H groups in total. The largest absolute Gasteiger partial charge is 0.487 e. The van der Waals surface area contributed by atoms with Gasteiger partial charge in [0.05, 0.1) is 11.5 Å². The van der Waals surface area contributed by atoms with Crippen molar-refractivity contribution in [3.8, 4) is 5.75 Å². The van der Waals surface area contributed by atoms with E-state index in [-0.39, 0.29) is 11.4 Å². The molecule has 3 aromatic rings. The van der Waals surface area contributed by atoms with Crippen molar-refractivity contribution >= 4 is 68.1 Å². The van der Waals surface area contributed by atoms with E-state index in [1.165, 1.54) is 6.07 Å². The van der Waals surface area contributed by atoms with Crippen LogP contribution in [0.5, 0.6) is 5.75 Å². The van der Waals surface area contributed by atoms with Crippen molar-refractivity contribution in [3.05, 3.63) is 95.4 Å². The molecule has 0 radical (unpaired) electrons. The van der Waals surface area contributed by atoms with Crippen LogP contribution in [0.3, 0.4) is 0 Å². The first kappa shape index (κ1) is 31.2. The summed E-state index contributed by atoms with van der Waals surface area (Å²) in [7, 11) is 0. The van der Waals surface area contributed by atoms with Crippen LogP contribution in [0.2, 0.25) is 15.1 Å². The van der Waals surface area contributed by atoms with E-state index in [4.69, 9.17) is 44.5 Å². The van der Waals surface area contributed by atoms with E-state index in [0.29, 0.717) is 36.2 Å². The second-order valence-electron chi connectivity index (χ2n) is 9.42. The average molecular weight is 684 g/mol. The van der Waals surface area contributed by atoms with Crippen LogP contribution < -0.4 is 15.0 Å². The number of nitrogens with zero attached hydrogens (tertiary/aromatic N) is 4. The van der Waals surface area contributed by atoms with Crippen LogP contribution >= 0.6 is 50.7 Å². The molecule has 1 heterocycles. The standard InChI is InChI=1S/C29H31BrCl3N5O3/c1-2-41-28-19-24(7-8-27(28)38(39)40)36-13-15-37(16-14-36)29(34-11-9-20-3-5-22(30)17-25(20)32)35-12-10-21-4-6-23(31)18-26(21)33/h3-8,17-19H,2,9-16H2,1H3,(H,34,35). The number of rotatable bonds is 10. The van der Waals surface area contributed by atoms with Crippen LogP contribution in [0, 0.1) is 10.1 Å². The summed E-state index contributed by atoms with van der Waals surface area (Å²) in [6.07, 6.45) is 1.43. The van der Waals surface area contributed by atoms with E-state index in [9.17, 15) is 10.1 Å². The monoisotopic (exact) mass is 681 g/mol. The lowest BCUT2D eigenvalue weighted by molar-refractivity contribution is -0.385. The highest BCUT2D eigenvalue weighted by atomic mass is 79.9. The van der Waals surface area contributed by atoms with Crippen LogP contribution in [-0.4, -0.2) is 61.7 Å². The normalized spacial score (nSPS) is 13.8. The maximum Gasteiger partial charge on any atom is 0.311 e. The van der Waals surface area contributed by atoms with E-state index in [2.05, 4.69) is 31.0 Å². The molecule has 0 spiro atoms. The molecular formula is C29H31BrCl3N5O3. The molecule has 12 heteroatoms. The van der Waals surface area contributed by atoms with Crippen LogP contribution in [0.25, 0.3) is 0 Å². The fourth-order valence-electron chi connectivity index (χ4n) is 4.61. The van der Waals surface area contributed by atoms with Crippen molar-refractivity contribution in [2.45, 2.75) is 19.8 Å². The molecule has 0 aliphatic carbocycles. The molecule has 3 aromatic carbocycles. The fraction of sp³-hybridized carbons (Fsp3) is 0.345. The molecule has 0 atom stereocenters. The van der Waals surface area contributed by atoms with Crippen LogP contribution in [-0.2, 0) is 12.8 Å². The van der Waals surface area contributed by atoms with Gasteiger partial charge in [0.25, 0.3) is 0 Å². The molecule has 41 heavy (non-hydrogen) atoms. The fourth-order valence-corrected chi connectivity index (χ4v) is 5.88. The number of benzene rings is 3. The number of anilines is 1. The molecule has 218 valence electrons. The second-order valence-corrected chi connectivity index (χ2v) is 11.6. The molecule has 1 saturated heterocycles. The minimum Gasteiger partial charge on any atom is -0.487 e. The average Bonchev–Trinajstić information content (AvgIpc) is 2.94. The molecule has 0 bridgehead atoms. The number of nitrogens with one attached hydrogen (secondary N) is 1. The van der Waals surface area contributed by atoms with Crippen molar-refractivity contribution in [1.29, 1.82) is 0 Å². The Kier molecular flexibility index (Phi) is 11.4. The van der Waals surface area contributed by atoms with Gasteiger partial charge >= 0.3 is 5.69 Å². The van der Waals surface area contributed by atoms with Gasteiger partial charge in [0, 0.05) is 76.6 Å². The zero-order chi connectivity index (χ0) is 29.4. The Balaban J connectivity index is 1.44. The Labute approximate surface area is 263 Å². The summed E-state index contributed by atoms with van der Waals surface area (Å²) in [5.74, 6) is 1.11. The zero-order valence-corrected chi connectivity index (χ0v) is 26.4. The molecule has 0 aromatic heterocycles. The zero-order valence-electron chi connectivity index (χ0n) is 22.6. The molecular weight excluding hydrogens is 653 g/mol. The highest BCUT2D eigenvalue weighted by molar-refractivity contribution is 9.10. The Morgan fingerprint density at radius 3 is 2.39 bits per heavy atom. The van der Waals surface area contributed by atoms with Gasteiger partial charge in [-0.15, -0.1) is 0 Å². The summed E-state index contributed by atoms with van der Waals surface area (Å²) < 4.78 is 6.49. The third-order valence-corrected chi connectivity index (χ3v) is 8.17. The number of aliphatic imine (C=N–C) groups is 1. The third-order valence-electron chi connectivity index (χ3n) is 6.73. The minimum absolute atomic E-state index is 0.0282. The van der Waals surface area contributed by atoms with Gasteiger partial charge in [-0.3, -0.25) is 15.1 Å². The van der Waals surface area contributed by atoms with Gasteiger partial charge in [0.1, 0.15) is 0 Å². The molecule has 1 aliphatic rings. The Morgan fingerprint density at radius 2 is 1.71 bits per heavy atom. The molecule has 1 aliphatic heterocycles. The number of ether oxygens (including phenoxy) is 1. The number of nitro benzene ring substituents is 1. The number of hydrogen-bond donors (Lipinski definition) is 1. The summed E-state index contributed by atoms with van der Waals surface area (Å²) in [6, 6.07) is 16.5. The predicted molar refractivity (Wildman–Crippen MR) is 171 cm³/mol. The number of nitro groups is 1. The molecule has 1 fully saturated rings. The number of piperazine rings is 1. The second kappa shape index (κ2) is 15.0. The van der Waals surface area contributed by atoms with E-state index in [1.807, 2.05) is 37.3 Å². The van der Waals surface area contributed by atoms with Crippen molar-refractivity contribution in [2.24, 2.45) is 4.99 Å².